The van der Waals surface area contributed by atoms with Gasteiger partial charge in [-0.2, -0.15) is 0 Å². The van der Waals surface area contributed by atoms with E-state index in [-0.39, 0.29) is 22.4 Å². The van der Waals surface area contributed by atoms with Crippen LogP contribution in [0.25, 0.3) is 32.1 Å². The summed E-state index contributed by atoms with van der Waals surface area (Å²) in [5, 5.41) is 16.4. The second-order valence-corrected chi connectivity index (χ2v) is 12.0. The van der Waals surface area contributed by atoms with Crippen molar-refractivity contribution in [2.75, 3.05) is 7.11 Å². The average molecular weight is 525 g/mol. The third-order valence-corrected chi connectivity index (χ3v) is 8.73. The zero-order valence-electron chi connectivity index (χ0n) is 20.7. The van der Waals surface area contributed by atoms with Crippen LogP contribution in [0.4, 0.5) is 4.79 Å². The Bertz CT molecular complexity index is 1530. The summed E-state index contributed by atoms with van der Waals surface area (Å²) in [7, 11) is 1.61. The van der Waals surface area contributed by atoms with Gasteiger partial charge in [0.25, 0.3) is 5.56 Å². The molecule has 2 aromatic heterocycles. The van der Waals surface area contributed by atoms with Crippen molar-refractivity contribution in [1.29, 1.82) is 0 Å². The molecule has 2 heterocycles. The number of ether oxygens (including phenoxy) is 1. The van der Waals surface area contributed by atoms with Crippen molar-refractivity contribution in [2.24, 2.45) is 5.41 Å². The molecule has 188 valence electrons. The molecule has 1 amide bonds. The topological polar surface area (TPSA) is 91.4 Å². The maximum Gasteiger partial charge on any atom is 0.404 e. The normalized spacial score (nSPS) is 16.0. The predicted octanol–water partition coefficient (Wildman–Crippen LogP) is 7.18. The number of amides is 1. The quantitative estimate of drug-likeness (QED) is 0.258. The number of hydrogen-bond acceptors (Lipinski definition) is 4. The molecule has 0 spiro atoms. The fourth-order valence-electron chi connectivity index (χ4n) is 5.90. The van der Waals surface area contributed by atoms with Gasteiger partial charge in [0.2, 0.25) is 0 Å². The molecule has 0 bridgehead atoms. The molecule has 1 aliphatic carbocycles. The maximum absolute atomic E-state index is 12.6. The molecule has 0 aliphatic heterocycles. The number of rotatable bonds is 5. The van der Waals surface area contributed by atoms with E-state index in [4.69, 9.17) is 16.3 Å². The molecule has 2 aromatic carbocycles. The Hall–Kier alpha value is -3.03. The van der Waals surface area contributed by atoms with Gasteiger partial charge >= 0.3 is 6.09 Å². The van der Waals surface area contributed by atoms with Crippen LogP contribution < -0.4 is 15.6 Å². The minimum atomic E-state index is -0.996. The van der Waals surface area contributed by atoms with Crippen LogP contribution in [-0.2, 0) is 5.41 Å². The predicted molar refractivity (Wildman–Crippen MR) is 147 cm³/mol. The number of hydrogen-bond donors (Lipinski definition) is 3. The van der Waals surface area contributed by atoms with Crippen LogP contribution >= 0.6 is 22.9 Å². The van der Waals surface area contributed by atoms with Crippen molar-refractivity contribution in [3.63, 3.8) is 0 Å². The molecule has 1 fully saturated rings. The first kappa shape index (κ1) is 24.7. The van der Waals surface area contributed by atoms with Gasteiger partial charge in [-0.05, 0) is 40.8 Å². The number of aromatic amines is 1. The van der Waals surface area contributed by atoms with Crippen molar-refractivity contribution in [3.8, 4) is 16.9 Å². The van der Waals surface area contributed by atoms with E-state index in [2.05, 4.69) is 55.3 Å². The van der Waals surface area contributed by atoms with Crippen molar-refractivity contribution < 1.29 is 14.6 Å². The Morgan fingerprint density at radius 2 is 1.92 bits per heavy atom. The lowest BCUT2D eigenvalue weighted by Gasteiger charge is -2.53. The van der Waals surface area contributed by atoms with Crippen molar-refractivity contribution in [2.45, 2.75) is 51.5 Å². The summed E-state index contributed by atoms with van der Waals surface area (Å²) in [4.78, 5) is 27.3. The van der Waals surface area contributed by atoms with Crippen molar-refractivity contribution in [3.05, 3.63) is 62.7 Å². The lowest BCUT2D eigenvalue weighted by molar-refractivity contribution is 0.0851. The van der Waals surface area contributed by atoms with Gasteiger partial charge < -0.3 is 20.1 Å². The van der Waals surface area contributed by atoms with E-state index in [1.54, 1.807) is 13.2 Å². The van der Waals surface area contributed by atoms with Gasteiger partial charge in [0.05, 0.1) is 17.6 Å². The smallest absolute Gasteiger partial charge is 0.404 e. The Morgan fingerprint density at radius 3 is 2.47 bits per heavy atom. The zero-order valence-corrected chi connectivity index (χ0v) is 22.3. The summed E-state index contributed by atoms with van der Waals surface area (Å²) in [5.74, 6) is 0.623. The number of thiophene rings is 1. The van der Waals surface area contributed by atoms with Crippen LogP contribution in [0.5, 0.6) is 5.75 Å². The molecule has 1 saturated carbocycles. The van der Waals surface area contributed by atoms with Crippen LogP contribution in [0.15, 0.2) is 46.6 Å². The fraction of sp³-hybridized carbons (Fsp3) is 0.357. The second-order valence-electron chi connectivity index (χ2n) is 10.6. The molecule has 5 rings (SSSR count). The first-order chi connectivity index (χ1) is 17.1. The highest BCUT2D eigenvalue weighted by Gasteiger charge is 2.50. The number of nitrogens with one attached hydrogen (secondary N) is 2. The summed E-state index contributed by atoms with van der Waals surface area (Å²) < 4.78 is 6.40. The summed E-state index contributed by atoms with van der Waals surface area (Å²) >= 11 is 7.96. The zero-order chi connectivity index (χ0) is 25.8. The van der Waals surface area contributed by atoms with Gasteiger partial charge in [0, 0.05) is 33.9 Å². The lowest BCUT2D eigenvalue weighted by atomic mass is 9.55. The Balaban J connectivity index is 1.69. The number of fused-ring (bicyclic) bond motifs is 3. The van der Waals surface area contributed by atoms with E-state index in [1.165, 1.54) is 11.3 Å². The first-order valence-electron chi connectivity index (χ1n) is 12.0. The number of benzene rings is 2. The summed E-state index contributed by atoms with van der Waals surface area (Å²) in [6.07, 6.45) is 1.93. The Morgan fingerprint density at radius 1 is 1.22 bits per heavy atom. The minimum absolute atomic E-state index is 0.160. The van der Waals surface area contributed by atoms with Gasteiger partial charge in [-0.15, -0.1) is 11.3 Å². The number of H-pyrrole nitrogens is 1. The summed E-state index contributed by atoms with van der Waals surface area (Å²) in [6.45, 7) is 6.25. The number of aromatic nitrogens is 1. The Labute approximate surface area is 218 Å². The van der Waals surface area contributed by atoms with Crippen LogP contribution in [0, 0.1) is 5.41 Å². The average Bonchev–Trinajstić information content (AvgIpc) is 3.29. The monoisotopic (exact) mass is 524 g/mol. The van der Waals surface area contributed by atoms with Crippen LogP contribution in [0.2, 0.25) is 5.02 Å². The van der Waals surface area contributed by atoms with Gasteiger partial charge in [-0.25, -0.2) is 4.79 Å². The molecule has 1 atom stereocenters. The number of methoxy groups -OCH3 is 1. The fourth-order valence-corrected chi connectivity index (χ4v) is 6.93. The Kier molecular flexibility index (Phi) is 6.04. The molecule has 1 aliphatic rings. The third-order valence-electron chi connectivity index (χ3n) is 7.52. The van der Waals surface area contributed by atoms with E-state index >= 15 is 0 Å². The molecule has 3 N–H and O–H groups in total. The van der Waals surface area contributed by atoms with Crippen molar-refractivity contribution >= 4 is 50.0 Å². The van der Waals surface area contributed by atoms with Gasteiger partial charge in [0.1, 0.15) is 10.4 Å². The number of halogens is 1. The van der Waals surface area contributed by atoms with E-state index in [0.29, 0.717) is 21.0 Å². The number of pyridine rings is 1. The summed E-state index contributed by atoms with van der Waals surface area (Å²) in [5.41, 5.74) is 2.84. The lowest BCUT2D eigenvalue weighted by Crippen LogP contribution is -2.59. The highest BCUT2D eigenvalue weighted by atomic mass is 35.5. The van der Waals surface area contributed by atoms with E-state index < -0.39 is 6.09 Å². The van der Waals surface area contributed by atoms with E-state index in [0.717, 1.165) is 46.7 Å². The van der Waals surface area contributed by atoms with Gasteiger partial charge in [0.15, 0.2) is 0 Å². The van der Waals surface area contributed by atoms with E-state index in [1.807, 2.05) is 11.4 Å². The number of carbonyl (C=O) groups is 1. The first-order valence-corrected chi connectivity index (χ1v) is 13.2. The van der Waals surface area contributed by atoms with Gasteiger partial charge in [-0.1, -0.05) is 63.1 Å². The molecule has 0 saturated heterocycles. The van der Waals surface area contributed by atoms with Crippen LogP contribution in [0.1, 0.15) is 45.6 Å². The minimum Gasteiger partial charge on any atom is -0.496 e. The SMILES string of the molecule is COc1cc(Cl)c2[nH]c(=O)c3sccc3c2c1-c1ccc(C2(C(NC(=O)O)C(C)(C)C)CCC2)cc1. The van der Waals surface area contributed by atoms with Crippen molar-refractivity contribution in [1.82, 2.24) is 10.3 Å². The molecule has 8 heteroatoms. The summed E-state index contributed by atoms with van der Waals surface area (Å²) in [6, 6.07) is 11.8. The highest BCUT2D eigenvalue weighted by molar-refractivity contribution is 7.17. The molecular weight excluding hydrogens is 496 g/mol. The molecule has 0 radical (unpaired) electrons. The van der Waals surface area contributed by atoms with Gasteiger partial charge in [-0.3, -0.25) is 4.79 Å². The maximum atomic E-state index is 12.6. The second kappa shape index (κ2) is 8.82. The third kappa shape index (κ3) is 3.85. The molecule has 1 unspecified atom stereocenters. The van der Waals surface area contributed by atoms with Crippen LogP contribution in [-0.4, -0.2) is 29.3 Å². The van der Waals surface area contributed by atoms with E-state index in [9.17, 15) is 14.7 Å². The highest BCUT2D eigenvalue weighted by Crippen LogP contribution is 2.51. The largest absolute Gasteiger partial charge is 0.496 e. The number of carboxylic acid groups (broad SMARTS) is 1. The standard InChI is InChI=1S/C28H29ClN2O4S/c1-27(2,3)25(31-26(33)34)28(11-5-12-28)16-8-6-15(7-9-16)20-19(35-4)14-18(29)22-21(20)17-10-13-36-23(17)24(32)30-22/h6-10,13-14,25,31H,5,11-12H2,1-4H3,(H,30,32)(H,33,34). The van der Waals surface area contributed by atoms with Crippen LogP contribution in [0.3, 0.4) is 0 Å². The molecule has 4 aromatic rings. The molecule has 6 nitrogen and oxygen atoms in total. The molecular formula is C28H29ClN2O4S. The molecule has 36 heavy (non-hydrogen) atoms.